The van der Waals surface area contributed by atoms with E-state index in [1.165, 1.54) is 6.07 Å². The quantitative estimate of drug-likeness (QED) is 0.202. The molecule has 1 aromatic carbocycles. The number of nitrogen functional groups attached to an aromatic ring is 1. The summed E-state index contributed by atoms with van der Waals surface area (Å²) in [5.74, 6) is -0.536. The van der Waals surface area contributed by atoms with Crippen molar-refractivity contribution < 1.29 is 27.1 Å². The van der Waals surface area contributed by atoms with Gasteiger partial charge in [-0.1, -0.05) is 0 Å². The molecule has 3 N–H and O–H groups in total. The van der Waals surface area contributed by atoms with Crippen LogP contribution in [0.15, 0.2) is 78.1 Å². The first-order valence-electron chi connectivity index (χ1n) is 14.4. The highest BCUT2D eigenvalue weighted by atomic mass is 19.4. The molecule has 4 aromatic heterocycles. The van der Waals surface area contributed by atoms with E-state index in [4.69, 9.17) is 19.9 Å². The summed E-state index contributed by atoms with van der Waals surface area (Å²) >= 11 is 0. The standard InChI is InChI=1S/C32H27F3N8O3/c1-4-45-24-11-18(29(44)40-25-12-19(7-8-37-25)32(33,34)35)5-6-21(24)26-28-27(38-9-10-41(28)16-39-26)22-15-43-20(13-23(22)36)14-42(17(2)3)30-31(43)46-30/h5-17H,4,36H2,1-3H3,(H,37,40,44). The molecule has 0 fully saturated rings. The van der Waals surface area contributed by atoms with E-state index in [0.29, 0.717) is 39.5 Å². The fourth-order valence-corrected chi connectivity index (χ4v) is 5.37. The van der Waals surface area contributed by atoms with Gasteiger partial charge in [0.15, 0.2) is 0 Å². The zero-order valence-electron chi connectivity index (χ0n) is 24.8. The Kier molecular flexibility index (Phi) is 6.72. The summed E-state index contributed by atoms with van der Waals surface area (Å²) < 4.78 is 57.0. The minimum atomic E-state index is -4.57. The maximum atomic E-state index is 13.2. The number of aromatic nitrogens is 6. The van der Waals surface area contributed by atoms with Crippen LogP contribution in [0.5, 0.6) is 5.75 Å². The summed E-state index contributed by atoms with van der Waals surface area (Å²) in [6.07, 6.45) is 5.36. The minimum absolute atomic E-state index is 0.156. The molecule has 0 saturated carbocycles. The van der Waals surface area contributed by atoms with Gasteiger partial charge in [0.1, 0.15) is 29.3 Å². The van der Waals surface area contributed by atoms with Crippen LogP contribution < -0.4 is 15.8 Å². The van der Waals surface area contributed by atoms with Gasteiger partial charge in [-0.15, -0.1) is 0 Å². The lowest BCUT2D eigenvalue weighted by Gasteiger charge is -2.14. The molecular formula is C32H27F3N8O3. The number of anilines is 2. The van der Waals surface area contributed by atoms with Crippen molar-refractivity contribution in [2.45, 2.75) is 33.0 Å². The summed E-state index contributed by atoms with van der Waals surface area (Å²) in [5.41, 5.74) is 11.7. The number of halogens is 3. The van der Waals surface area contributed by atoms with Gasteiger partial charge in [-0.2, -0.15) is 13.2 Å². The molecule has 0 radical (unpaired) electrons. The number of ether oxygens (including phenoxy) is 1. The largest absolute Gasteiger partial charge is 0.493 e. The van der Waals surface area contributed by atoms with E-state index in [-0.39, 0.29) is 24.0 Å². The molecule has 1 amide bonds. The highest BCUT2D eigenvalue weighted by Crippen LogP contribution is 2.38. The number of fused-ring (bicyclic) bond motifs is 3. The molecule has 0 unspecified atom stereocenters. The fourth-order valence-electron chi connectivity index (χ4n) is 5.37. The Bertz CT molecular complexity index is 2330. The third-order valence-corrected chi connectivity index (χ3v) is 7.60. The number of nitrogens with one attached hydrogen (secondary N) is 1. The van der Waals surface area contributed by atoms with Crippen LogP contribution in [0.4, 0.5) is 24.7 Å². The zero-order chi connectivity index (χ0) is 32.3. The van der Waals surface area contributed by atoms with Crippen LogP contribution in [0.2, 0.25) is 0 Å². The van der Waals surface area contributed by atoms with Crippen molar-refractivity contribution in [2.75, 3.05) is 17.7 Å². The lowest BCUT2D eigenvalue weighted by molar-refractivity contribution is -0.137. The Morgan fingerprint density at radius 1 is 1.02 bits per heavy atom. The molecule has 5 aromatic rings. The number of alkyl halides is 3. The summed E-state index contributed by atoms with van der Waals surface area (Å²) in [6, 6.07) is 8.42. The van der Waals surface area contributed by atoms with E-state index in [1.54, 1.807) is 37.8 Å². The molecule has 7 rings (SSSR count). The summed E-state index contributed by atoms with van der Waals surface area (Å²) in [4.78, 5) is 26.3. The second kappa shape index (κ2) is 10.7. The molecule has 6 heterocycles. The average molecular weight is 629 g/mol. The number of amides is 1. The van der Waals surface area contributed by atoms with Gasteiger partial charge in [-0.3, -0.25) is 14.2 Å². The number of hydrogen-bond acceptors (Lipinski definition) is 7. The number of imidazole rings is 1. The molecule has 0 aliphatic carbocycles. The molecule has 234 valence electrons. The van der Waals surface area contributed by atoms with E-state index in [9.17, 15) is 18.0 Å². The van der Waals surface area contributed by atoms with Crippen molar-refractivity contribution in [1.29, 1.82) is 0 Å². The van der Waals surface area contributed by atoms with Gasteiger partial charge in [0.05, 0.1) is 23.2 Å². The lowest BCUT2D eigenvalue weighted by atomic mass is 10.0. The summed E-state index contributed by atoms with van der Waals surface area (Å²) in [7, 11) is 0. The first kappa shape index (κ1) is 29.0. The van der Waals surface area contributed by atoms with Gasteiger partial charge < -0.3 is 29.2 Å². The minimum Gasteiger partial charge on any atom is -0.493 e. The van der Waals surface area contributed by atoms with Crippen LogP contribution in [-0.2, 0) is 6.18 Å². The van der Waals surface area contributed by atoms with Crippen molar-refractivity contribution in [3.63, 3.8) is 0 Å². The van der Waals surface area contributed by atoms with Gasteiger partial charge in [-0.25, -0.2) is 9.97 Å². The highest BCUT2D eigenvalue weighted by Gasteiger charge is 2.31. The molecule has 2 aliphatic rings. The maximum absolute atomic E-state index is 13.2. The Hall–Kier alpha value is -5.79. The predicted molar refractivity (Wildman–Crippen MR) is 164 cm³/mol. The summed E-state index contributed by atoms with van der Waals surface area (Å²) in [5, 5.41) is 2.43. The monoisotopic (exact) mass is 628 g/mol. The second-order valence-corrected chi connectivity index (χ2v) is 10.9. The van der Waals surface area contributed by atoms with E-state index in [2.05, 4.69) is 29.1 Å². The summed E-state index contributed by atoms with van der Waals surface area (Å²) in [6.45, 7) is 6.22. The Morgan fingerprint density at radius 3 is 2.59 bits per heavy atom. The molecule has 0 atom stereocenters. The number of rotatable bonds is 7. The van der Waals surface area contributed by atoms with Crippen LogP contribution >= 0.6 is 0 Å². The van der Waals surface area contributed by atoms with E-state index in [1.807, 2.05) is 31.8 Å². The fraction of sp³-hybridized carbons (Fsp3) is 0.188. The molecule has 14 heteroatoms. The Balaban J connectivity index is 1.30. The number of pyridine rings is 2. The van der Waals surface area contributed by atoms with Gasteiger partial charge in [0.25, 0.3) is 17.0 Å². The van der Waals surface area contributed by atoms with Crippen molar-refractivity contribution in [1.82, 2.24) is 28.3 Å². The van der Waals surface area contributed by atoms with Crippen LogP contribution in [0.3, 0.4) is 0 Å². The SMILES string of the molecule is CCOc1cc(C(=O)Nc2cc(C(F)(F)F)ccn2)ccc1-c1ncn2ccnc(-c3cn4c5oc=5n(C(C)C)cc4cc3N)c12. The molecule has 0 bridgehead atoms. The number of nitrogens with zero attached hydrogens (tertiary/aromatic N) is 6. The van der Waals surface area contributed by atoms with Gasteiger partial charge in [0, 0.05) is 59.4 Å². The average Bonchev–Trinajstić information content (AvgIpc) is 3.71. The third kappa shape index (κ3) is 4.97. The Morgan fingerprint density at radius 2 is 1.83 bits per heavy atom. The van der Waals surface area contributed by atoms with Crippen LogP contribution in [0.25, 0.3) is 33.5 Å². The van der Waals surface area contributed by atoms with Crippen LogP contribution in [0, 0.1) is 11.1 Å². The zero-order valence-corrected chi connectivity index (χ0v) is 24.8. The first-order valence-corrected chi connectivity index (χ1v) is 14.4. The maximum Gasteiger partial charge on any atom is 0.416 e. The third-order valence-electron chi connectivity index (χ3n) is 7.60. The number of nitrogens with two attached hydrogens (primary N) is 1. The smallest absolute Gasteiger partial charge is 0.416 e. The highest BCUT2D eigenvalue weighted by molar-refractivity contribution is 6.05. The van der Waals surface area contributed by atoms with Crippen molar-refractivity contribution in [2.24, 2.45) is 0 Å². The molecule has 0 spiro atoms. The van der Waals surface area contributed by atoms with Gasteiger partial charge in [-0.05, 0) is 57.2 Å². The van der Waals surface area contributed by atoms with E-state index in [0.717, 1.165) is 34.9 Å². The Labute approximate surface area is 258 Å². The van der Waals surface area contributed by atoms with Crippen LogP contribution in [-0.4, -0.2) is 40.8 Å². The number of carbonyl (C=O) groups excluding carboxylic acids is 1. The molecule has 11 nitrogen and oxygen atoms in total. The van der Waals surface area contributed by atoms with E-state index < -0.39 is 17.6 Å². The van der Waals surface area contributed by atoms with Gasteiger partial charge in [0.2, 0.25) is 0 Å². The van der Waals surface area contributed by atoms with Gasteiger partial charge >= 0.3 is 6.18 Å². The number of hydrogen-bond donors (Lipinski definition) is 2. The molecule has 0 saturated heterocycles. The van der Waals surface area contributed by atoms with Crippen LogP contribution in [0.1, 0.15) is 42.7 Å². The lowest BCUT2D eigenvalue weighted by Crippen LogP contribution is -2.14. The van der Waals surface area contributed by atoms with Crippen molar-refractivity contribution >= 4 is 28.4 Å². The first-order chi connectivity index (χ1) is 22.0. The van der Waals surface area contributed by atoms with Crippen molar-refractivity contribution in [3.05, 3.63) is 95.9 Å². The van der Waals surface area contributed by atoms with Crippen molar-refractivity contribution in [3.8, 4) is 28.3 Å². The number of benzene rings is 1. The topological polar surface area (TPSA) is 130 Å². The normalized spacial score (nSPS) is 12.2. The number of carbonyl (C=O) groups is 1. The predicted octanol–water partition coefficient (Wildman–Crippen LogP) is 6.66. The molecule has 46 heavy (non-hydrogen) atoms. The van der Waals surface area contributed by atoms with E-state index >= 15 is 0 Å². The molecular weight excluding hydrogens is 601 g/mol. The molecule has 2 aliphatic heterocycles. The second-order valence-electron chi connectivity index (χ2n) is 10.9.